The van der Waals surface area contributed by atoms with Crippen LogP contribution < -0.4 is 0 Å². The monoisotopic (exact) mass is 192 g/mol. The van der Waals surface area contributed by atoms with Crippen LogP contribution >= 0.6 is 0 Å². The van der Waals surface area contributed by atoms with Crippen LogP contribution in [0.5, 0.6) is 0 Å². The molecule has 0 saturated carbocycles. The van der Waals surface area contributed by atoms with Crippen molar-refractivity contribution in [2.75, 3.05) is 0 Å². The van der Waals surface area contributed by atoms with Crippen molar-refractivity contribution in [1.82, 2.24) is 0 Å². The largest absolute Gasteiger partial charge is 0.391 e. The average Bonchev–Trinajstić information content (AvgIpc) is 2.17. The Morgan fingerprint density at radius 3 is 2.71 bits per heavy atom. The van der Waals surface area contributed by atoms with Gasteiger partial charge in [0.05, 0.1) is 17.1 Å². The maximum Gasteiger partial charge on any atom is 0.292 e. The summed E-state index contributed by atoms with van der Waals surface area (Å²) in [6.45, 7) is 1.18. The van der Waals surface area contributed by atoms with E-state index in [1.807, 2.05) is 0 Å². The zero-order chi connectivity index (χ0) is 10.7. The van der Waals surface area contributed by atoms with Crippen LogP contribution in [0, 0.1) is 28.4 Å². The topological polar surface area (TPSA) is 87.2 Å². The number of rotatable bonds is 2. The van der Waals surface area contributed by atoms with Crippen LogP contribution in [0.3, 0.4) is 0 Å². The van der Waals surface area contributed by atoms with Gasteiger partial charge in [-0.1, -0.05) is 6.07 Å². The molecule has 0 fully saturated rings. The first-order valence-electron chi connectivity index (χ1n) is 3.89. The number of nitro benzene ring substituents is 1. The van der Waals surface area contributed by atoms with E-state index in [1.165, 1.54) is 6.07 Å². The standard InChI is InChI=1S/C9H8N2O3/c1-6-2-3-7(5-12)9(11(13)14)8(6)4-10/h2-3,12H,5H2,1H3. The van der Waals surface area contributed by atoms with Crippen LogP contribution in [0.15, 0.2) is 12.1 Å². The van der Waals surface area contributed by atoms with Gasteiger partial charge in [-0.15, -0.1) is 0 Å². The molecule has 0 aromatic heterocycles. The molecule has 0 amide bonds. The molecule has 0 aliphatic heterocycles. The number of hydrogen-bond acceptors (Lipinski definition) is 4. The van der Waals surface area contributed by atoms with Crippen molar-refractivity contribution in [2.45, 2.75) is 13.5 Å². The number of benzene rings is 1. The average molecular weight is 192 g/mol. The van der Waals surface area contributed by atoms with Gasteiger partial charge in [-0.3, -0.25) is 10.1 Å². The SMILES string of the molecule is Cc1ccc(CO)c([N+](=O)[O-])c1C#N. The first-order chi connectivity index (χ1) is 6.61. The minimum atomic E-state index is -0.642. The van der Waals surface area contributed by atoms with Crippen LogP contribution in [-0.2, 0) is 6.61 Å². The van der Waals surface area contributed by atoms with Crippen LogP contribution in [0.1, 0.15) is 16.7 Å². The summed E-state index contributed by atoms with van der Waals surface area (Å²) in [5.41, 5.74) is 0.421. The first kappa shape index (κ1) is 10.2. The van der Waals surface area contributed by atoms with E-state index in [1.54, 1.807) is 19.1 Å². The highest BCUT2D eigenvalue weighted by Gasteiger charge is 2.20. The Bertz CT molecular complexity index is 421. The molecule has 5 nitrogen and oxygen atoms in total. The van der Waals surface area contributed by atoms with Crippen molar-refractivity contribution in [3.63, 3.8) is 0 Å². The highest BCUT2D eigenvalue weighted by molar-refractivity contribution is 5.57. The number of aryl methyl sites for hydroxylation is 1. The molecule has 0 radical (unpaired) electrons. The Morgan fingerprint density at radius 2 is 2.29 bits per heavy atom. The molecule has 1 rings (SSSR count). The Labute approximate surface area is 80.4 Å². The lowest BCUT2D eigenvalue weighted by molar-refractivity contribution is -0.386. The van der Waals surface area contributed by atoms with Gasteiger partial charge in [0.25, 0.3) is 5.69 Å². The number of nitrogens with zero attached hydrogens (tertiary/aromatic N) is 2. The second-order valence-electron chi connectivity index (χ2n) is 2.79. The van der Waals surface area contributed by atoms with E-state index >= 15 is 0 Å². The molecule has 0 spiro atoms. The minimum Gasteiger partial charge on any atom is -0.391 e. The van der Waals surface area contributed by atoms with Crippen LogP contribution in [0.2, 0.25) is 0 Å². The number of nitro groups is 1. The molecular formula is C9H8N2O3. The summed E-state index contributed by atoms with van der Waals surface area (Å²) >= 11 is 0. The van der Waals surface area contributed by atoms with Gasteiger partial charge >= 0.3 is 0 Å². The van der Waals surface area contributed by atoms with E-state index in [2.05, 4.69) is 0 Å². The Morgan fingerprint density at radius 1 is 1.64 bits per heavy atom. The van der Waals surface area contributed by atoms with E-state index in [9.17, 15) is 10.1 Å². The van der Waals surface area contributed by atoms with E-state index in [-0.39, 0.29) is 16.8 Å². The van der Waals surface area contributed by atoms with Crippen molar-refractivity contribution in [3.05, 3.63) is 38.9 Å². The zero-order valence-corrected chi connectivity index (χ0v) is 7.52. The molecule has 0 saturated heterocycles. The Hall–Kier alpha value is -1.93. The van der Waals surface area contributed by atoms with Gasteiger partial charge in [0.1, 0.15) is 11.6 Å². The maximum absolute atomic E-state index is 10.7. The summed E-state index contributed by atoms with van der Waals surface area (Å²) in [5, 5.41) is 28.3. The van der Waals surface area contributed by atoms with Crippen molar-refractivity contribution in [2.24, 2.45) is 0 Å². The van der Waals surface area contributed by atoms with Gasteiger partial charge in [0.15, 0.2) is 0 Å². The fourth-order valence-corrected chi connectivity index (χ4v) is 1.21. The third kappa shape index (κ3) is 1.56. The summed E-state index contributed by atoms with van der Waals surface area (Å²) in [6, 6.07) is 4.80. The fourth-order valence-electron chi connectivity index (χ4n) is 1.21. The number of aliphatic hydroxyl groups excluding tert-OH is 1. The van der Waals surface area contributed by atoms with Gasteiger partial charge in [-0.25, -0.2) is 0 Å². The second kappa shape index (κ2) is 3.85. The number of nitriles is 1. The van der Waals surface area contributed by atoms with Crippen molar-refractivity contribution >= 4 is 5.69 Å². The van der Waals surface area contributed by atoms with E-state index in [0.29, 0.717) is 5.56 Å². The molecular weight excluding hydrogens is 184 g/mol. The van der Waals surface area contributed by atoms with Crippen LogP contribution in [-0.4, -0.2) is 10.0 Å². The molecule has 0 heterocycles. The van der Waals surface area contributed by atoms with Gasteiger partial charge < -0.3 is 5.11 Å². The molecule has 0 atom stereocenters. The van der Waals surface area contributed by atoms with Gasteiger partial charge in [-0.2, -0.15) is 5.26 Å². The highest BCUT2D eigenvalue weighted by Crippen LogP contribution is 2.25. The molecule has 0 bridgehead atoms. The van der Waals surface area contributed by atoms with Gasteiger partial charge in [0, 0.05) is 0 Å². The lowest BCUT2D eigenvalue weighted by atomic mass is 10.0. The third-order valence-electron chi connectivity index (χ3n) is 1.93. The fraction of sp³-hybridized carbons (Fsp3) is 0.222. The van der Waals surface area contributed by atoms with Crippen LogP contribution in [0.4, 0.5) is 5.69 Å². The zero-order valence-electron chi connectivity index (χ0n) is 7.52. The van der Waals surface area contributed by atoms with Crippen LogP contribution in [0.25, 0.3) is 0 Å². The molecule has 1 aromatic carbocycles. The lowest BCUT2D eigenvalue weighted by Crippen LogP contribution is -2.00. The Kier molecular flexibility index (Phi) is 2.79. The van der Waals surface area contributed by atoms with E-state index in [4.69, 9.17) is 10.4 Å². The second-order valence-corrected chi connectivity index (χ2v) is 2.79. The highest BCUT2D eigenvalue weighted by atomic mass is 16.6. The number of aliphatic hydroxyl groups is 1. The van der Waals surface area contributed by atoms with Crippen molar-refractivity contribution in [3.8, 4) is 6.07 Å². The van der Waals surface area contributed by atoms with Crippen molar-refractivity contribution < 1.29 is 10.0 Å². The third-order valence-corrected chi connectivity index (χ3v) is 1.93. The molecule has 1 aromatic rings. The summed E-state index contributed by atoms with van der Waals surface area (Å²) in [7, 11) is 0. The summed E-state index contributed by atoms with van der Waals surface area (Å²) < 4.78 is 0. The summed E-state index contributed by atoms with van der Waals surface area (Å²) in [4.78, 5) is 10.0. The lowest BCUT2D eigenvalue weighted by Gasteiger charge is -2.03. The molecule has 72 valence electrons. The molecule has 5 heteroatoms. The Balaban J connectivity index is 3.54. The molecule has 1 N–H and O–H groups in total. The molecule has 0 aliphatic rings. The van der Waals surface area contributed by atoms with Gasteiger partial charge in [0.2, 0.25) is 0 Å². The van der Waals surface area contributed by atoms with Crippen molar-refractivity contribution in [1.29, 1.82) is 5.26 Å². The smallest absolute Gasteiger partial charge is 0.292 e. The normalized spacial score (nSPS) is 9.50. The van der Waals surface area contributed by atoms with E-state index in [0.717, 1.165) is 0 Å². The predicted octanol–water partition coefficient (Wildman–Crippen LogP) is 1.27. The predicted molar refractivity (Wildman–Crippen MR) is 48.5 cm³/mol. The van der Waals surface area contributed by atoms with E-state index < -0.39 is 11.5 Å². The molecule has 14 heavy (non-hydrogen) atoms. The molecule has 0 unspecified atom stereocenters. The summed E-state index contributed by atoms with van der Waals surface area (Å²) in [6.07, 6.45) is 0. The number of hydrogen-bond donors (Lipinski definition) is 1. The first-order valence-corrected chi connectivity index (χ1v) is 3.89. The summed E-state index contributed by atoms with van der Waals surface area (Å²) in [5.74, 6) is 0. The van der Waals surface area contributed by atoms with Gasteiger partial charge in [-0.05, 0) is 18.6 Å². The minimum absolute atomic E-state index is 0.0153. The quantitative estimate of drug-likeness (QED) is 0.564. The maximum atomic E-state index is 10.7. The molecule has 0 aliphatic carbocycles.